The second-order valence-corrected chi connectivity index (χ2v) is 7.87. The Kier molecular flexibility index (Phi) is 5.35. The number of nitrogens with one attached hydrogen (secondary N) is 2. The second kappa shape index (κ2) is 7.52. The number of carbonyl (C=O) groups is 1. The summed E-state index contributed by atoms with van der Waals surface area (Å²) in [6.07, 6.45) is 4.82. The molecule has 1 fully saturated rings. The second-order valence-electron chi connectivity index (χ2n) is 6.16. The first-order valence-electron chi connectivity index (χ1n) is 8.28. The highest BCUT2D eigenvalue weighted by Crippen LogP contribution is 2.21. The number of imidazole rings is 1. The van der Waals surface area contributed by atoms with Gasteiger partial charge in [-0.15, -0.1) is 0 Å². The molecular formula is C16H22N6O3S. The van der Waals surface area contributed by atoms with Crippen molar-refractivity contribution in [1.82, 2.24) is 29.5 Å². The van der Waals surface area contributed by atoms with E-state index in [0.717, 1.165) is 5.56 Å². The van der Waals surface area contributed by atoms with Crippen LogP contribution >= 0.6 is 0 Å². The molecule has 2 N–H and O–H groups in total. The van der Waals surface area contributed by atoms with Gasteiger partial charge < -0.3 is 14.8 Å². The predicted molar refractivity (Wildman–Crippen MR) is 94.7 cm³/mol. The van der Waals surface area contributed by atoms with Crippen molar-refractivity contribution in [3.05, 3.63) is 42.1 Å². The molecule has 0 aliphatic carbocycles. The zero-order chi connectivity index (χ0) is 18.7. The van der Waals surface area contributed by atoms with Crippen LogP contribution in [-0.4, -0.2) is 59.9 Å². The van der Waals surface area contributed by atoms with Crippen LogP contribution in [0.2, 0.25) is 0 Å². The van der Waals surface area contributed by atoms with E-state index >= 15 is 0 Å². The van der Waals surface area contributed by atoms with Gasteiger partial charge in [-0.2, -0.15) is 0 Å². The molecule has 1 unspecified atom stereocenters. The molecule has 0 spiro atoms. The number of amides is 1. The highest BCUT2D eigenvalue weighted by Gasteiger charge is 2.29. The Morgan fingerprint density at radius 1 is 1.46 bits per heavy atom. The van der Waals surface area contributed by atoms with E-state index in [4.69, 9.17) is 0 Å². The quantitative estimate of drug-likeness (QED) is 0.731. The molecule has 0 bridgehead atoms. The monoisotopic (exact) mass is 378 g/mol. The fourth-order valence-corrected chi connectivity index (χ4v) is 3.87. The van der Waals surface area contributed by atoms with Gasteiger partial charge in [0.25, 0.3) is 10.0 Å². The number of aryl methyl sites for hydroxylation is 2. The molecule has 0 saturated carbocycles. The van der Waals surface area contributed by atoms with E-state index in [1.54, 1.807) is 35.8 Å². The molecule has 2 aromatic rings. The zero-order valence-electron chi connectivity index (χ0n) is 14.7. The fourth-order valence-electron chi connectivity index (χ4n) is 2.86. The van der Waals surface area contributed by atoms with Gasteiger partial charge in [0.2, 0.25) is 5.91 Å². The van der Waals surface area contributed by atoms with Crippen molar-refractivity contribution >= 4 is 15.9 Å². The number of sulfonamides is 1. The Hall–Kier alpha value is -2.30. The third kappa shape index (κ3) is 3.92. The smallest absolute Gasteiger partial charge is 0.260 e. The Balaban J connectivity index is 1.70. The Morgan fingerprint density at radius 3 is 2.92 bits per heavy atom. The predicted octanol–water partition coefficient (Wildman–Crippen LogP) is -0.425. The fraction of sp³-hybridized carbons (Fsp3) is 0.438. The van der Waals surface area contributed by atoms with Crippen molar-refractivity contribution in [1.29, 1.82) is 0 Å². The van der Waals surface area contributed by atoms with Crippen LogP contribution in [0.25, 0.3) is 0 Å². The molecule has 140 valence electrons. The van der Waals surface area contributed by atoms with Gasteiger partial charge in [0, 0.05) is 45.3 Å². The third-order valence-corrected chi connectivity index (χ3v) is 5.68. The average Bonchev–Trinajstić information content (AvgIpc) is 3.00. The van der Waals surface area contributed by atoms with Gasteiger partial charge in [-0.05, 0) is 18.6 Å². The summed E-state index contributed by atoms with van der Waals surface area (Å²) in [6, 6.07) is 3.55. The van der Waals surface area contributed by atoms with Crippen LogP contribution in [-0.2, 0) is 21.9 Å². The van der Waals surface area contributed by atoms with E-state index in [9.17, 15) is 13.2 Å². The number of carbonyl (C=O) groups excluding carboxylic acids is 1. The van der Waals surface area contributed by atoms with Crippen molar-refractivity contribution in [2.75, 3.05) is 26.2 Å². The van der Waals surface area contributed by atoms with Gasteiger partial charge in [0.1, 0.15) is 5.82 Å². The Labute approximate surface area is 152 Å². The van der Waals surface area contributed by atoms with Crippen LogP contribution in [0.15, 0.2) is 35.7 Å². The lowest BCUT2D eigenvalue weighted by atomic mass is 10.1. The first kappa shape index (κ1) is 18.5. The Morgan fingerprint density at radius 2 is 2.27 bits per heavy atom. The molecule has 0 aromatic carbocycles. The molecule has 9 nitrogen and oxygen atoms in total. The molecule has 1 aliphatic heterocycles. The maximum Gasteiger partial charge on any atom is 0.260 e. The lowest BCUT2D eigenvalue weighted by molar-refractivity contribution is -0.133. The lowest BCUT2D eigenvalue weighted by Crippen LogP contribution is -2.51. The van der Waals surface area contributed by atoms with Crippen LogP contribution in [0.1, 0.15) is 17.4 Å². The summed E-state index contributed by atoms with van der Waals surface area (Å²) in [6.45, 7) is 3.17. The van der Waals surface area contributed by atoms with Crippen molar-refractivity contribution < 1.29 is 13.2 Å². The molecule has 26 heavy (non-hydrogen) atoms. The van der Waals surface area contributed by atoms with Crippen LogP contribution in [0.5, 0.6) is 0 Å². The molecule has 1 amide bonds. The zero-order valence-corrected chi connectivity index (χ0v) is 15.5. The minimum atomic E-state index is -3.84. The number of piperazine rings is 1. The van der Waals surface area contributed by atoms with Crippen LogP contribution in [0.3, 0.4) is 0 Å². The van der Waals surface area contributed by atoms with E-state index in [1.165, 1.54) is 6.20 Å². The number of hydrogen-bond donors (Lipinski definition) is 2. The van der Waals surface area contributed by atoms with Gasteiger partial charge in [0.15, 0.2) is 5.03 Å². The molecule has 0 radical (unpaired) electrons. The standard InChI is InChI=1S/C16H22N6O3S/c1-12-20-15(11-21(12)2)26(24,25)19-10-16(23)22-7-6-18-9-14(22)13-4-3-5-17-8-13/h3-5,8,11,14,18-19H,6-7,9-10H2,1-2H3. The lowest BCUT2D eigenvalue weighted by Gasteiger charge is -2.36. The van der Waals surface area contributed by atoms with Crippen LogP contribution < -0.4 is 10.0 Å². The normalized spacial score (nSPS) is 18.1. The Bertz CT molecular complexity index is 861. The van der Waals surface area contributed by atoms with Crippen molar-refractivity contribution in [2.24, 2.45) is 7.05 Å². The molecule has 2 aromatic heterocycles. The number of rotatable bonds is 5. The number of nitrogens with zero attached hydrogens (tertiary/aromatic N) is 4. The first-order valence-corrected chi connectivity index (χ1v) is 9.76. The largest absolute Gasteiger partial charge is 0.337 e. The summed E-state index contributed by atoms with van der Waals surface area (Å²) < 4.78 is 28.7. The van der Waals surface area contributed by atoms with Gasteiger partial charge in [-0.3, -0.25) is 9.78 Å². The van der Waals surface area contributed by atoms with E-state index in [2.05, 4.69) is 20.0 Å². The summed E-state index contributed by atoms with van der Waals surface area (Å²) in [5.41, 5.74) is 0.913. The molecule has 10 heteroatoms. The van der Waals surface area contributed by atoms with Gasteiger partial charge in [-0.25, -0.2) is 18.1 Å². The number of pyridine rings is 1. The third-order valence-electron chi connectivity index (χ3n) is 4.41. The van der Waals surface area contributed by atoms with E-state index < -0.39 is 10.0 Å². The summed E-state index contributed by atoms with van der Waals surface area (Å²) in [5, 5.41) is 3.16. The highest BCUT2D eigenvalue weighted by atomic mass is 32.2. The van der Waals surface area contributed by atoms with Gasteiger partial charge >= 0.3 is 0 Å². The highest BCUT2D eigenvalue weighted by molar-refractivity contribution is 7.89. The van der Waals surface area contributed by atoms with Crippen LogP contribution in [0, 0.1) is 6.92 Å². The minimum absolute atomic E-state index is 0.0885. The van der Waals surface area contributed by atoms with Crippen molar-refractivity contribution in [2.45, 2.75) is 18.0 Å². The maximum atomic E-state index is 12.7. The maximum absolute atomic E-state index is 12.7. The molecule has 1 saturated heterocycles. The molecule has 3 heterocycles. The molecule has 3 rings (SSSR count). The van der Waals surface area contributed by atoms with E-state index in [-0.39, 0.29) is 23.5 Å². The summed E-state index contributed by atoms with van der Waals surface area (Å²) >= 11 is 0. The van der Waals surface area contributed by atoms with Gasteiger partial charge in [0.05, 0.1) is 12.6 Å². The van der Waals surface area contributed by atoms with E-state index in [1.807, 2.05) is 12.1 Å². The van der Waals surface area contributed by atoms with Gasteiger partial charge in [-0.1, -0.05) is 6.07 Å². The number of aromatic nitrogens is 3. The summed E-state index contributed by atoms with van der Waals surface area (Å²) in [4.78, 5) is 22.4. The molecule has 1 atom stereocenters. The minimum Gasteiger partial charge on any atom is -0.337 e. The van der Waals surface area contributed by atoms with Crippen LogP contribution in [0.4, 0.5) is 0 Å². The topological polar surface area (TPSA) is 109 Å². The van der Waals surface area contributed by atoms with Crippen molar-refractivity contribution in [3.8, 4) is 0 Å². The first-order chi connectivity index (χ1) is 12.4. The molecular weight excluding hydrogens is 356 g/mol. The van der Waals surface area contributed by atoms with Crippen molar-refractivity contribution in [3.63, 3.8) is 0 Å². The number of hydrogen-bond acceptors (Lipinski definition) is 6. The SMILES string of the molecule is Cc1nc(S(=O)(=O)NCC(=O)N2CCNCC2c2cccnc2)cn1C. The summed E-state index contributed by atoms with van der Waals surface area (Å²) in [5.74, 6) is 0.298. The molecule has 1 aliphatic rings. The average molecular weight is 378 g/mol. The van der Waals surface area contributed by atoms with E-state index in [0.29, 0.717) is 25.5 Å². The summed E-state index contributed by atoms with van der Waals surface area (Å²) in [7, 11) is -2.12.